The average Bonchev–Trinajstić information content (AvgIpc) is 2.49. The summed E-state index contributed by atoms with van der Waals surface area (Å²) in [5.41, 5.74) is -0.657. The second-order valence-electron chi connectivity index (χ2n) is 4.29. The van der Waals surface area contributed by atoms with Gasteiger partial charge in [0.25, 0.3) is 0 Å². The highest BCUT2D eigenvalue weighted by molar-refractivity contribution is 9.11. The van der Waals surface area contributed by atoms with Crippen molar-refractivity contribution < 1.29 is 5.11 Å². The Morgan fingerprint density at radius 1 is 1.53 bits per heavy atom. The minimum Gasteiger partial charge on any atom is -0.389 e. The number of hydrogen-bond acceptors (Lipinski definition) is 3. The molecule has 0 radical (unpaired) electrons. The summed E-state index contributed by atoms with van der Waals surface area (Å²) in [7, 11) is 0. The van der Waals surface area contributed by atoms with Gasteiger partial charge >= 0.3 is 0 Å². The summed E-state index contributed by atoms with van der Waals surface area (Å²) in [6.07, 6.45) is 1.01. The Balaban J connectivity index is 2.28. The molecular weight excluding hydrogens is 274 g/mol. The van der Waals surface area contributed by atoms with Crippen molar-refractivity contribution in [3.05, 3.63) is 20.8 Å². The van der Waals surface area contributed by atoms with Crippen molar-refractivity contribution in [1.29, 1.82) is 0 Å². The van der Waals surface area contributed by atoms with E-state index in [4.69, 9.17) is 0 Å². The van der Waals surface area contributed by atoms with Crippen LogP contribution in [0, 0.1) is 0 Å². The van der Waals surface area contributed by atoms with Crippen molar-refractivity contribution in [3.63, 3.8) is 0 Å². The SMILES string of the molecule is CC(NCCc1ccc(Br)s1)C(C)(C)O. The molecule has 0 aliphatic carbocycles. The summed E-state index contributed by atoms with van der Waals surface area (Å²) in [5, 5.41) is 13.0. The van der Waals surface area contributed by atoms with Crippen molar-refractivity contribution in [1.82, 2.24) is 5.32 Å². The highest BCUT2D eigenvalue weighted by Gasteiger charge is 2.21. The molecule has 1 rings (SSSR count). The largest absolute Gasteiger partial charge is 0.389 e. The smallest absolute Gasteiger partial charge is 0.0741 e. The molecule has 1 atom stereocenters. The van der Waals surface area contributed by atoms with Gasteiger partial charge in [0.2, 0.25) is 0 Å². The molecule has 0 saturated heterocycles. The number of rotatable bonds is 5. The zero-order valence-electron chi connectivity index (χ0n) is 9.38. The standard InChI is InChI=1S/C11H18BrNOS/c1-8(11(2,3)14)13-7-6-9-4-5-10(12)15-9/h4-5,8,13-14H,6-7H2,1-3H3. The quantitative estimate of drug-likeness (QED) is 0.874. The maximum Gasteiger partial charge on any atom is 0.0741 e. The number of halogens is 1. The third kappa shape index (κ3) is 4.64. The lowest BCUT2D eigenvalue weighted by Gasteiger charge is -2.26. The molecule has 0 saturated carbocycles. The first-order valence-electron chi connectivity index (χ1n) is 5.09. The predicted molar refractivity (Wildman–Crippen MR) is 69.5 cm³/mol. The molecular formula is C11H18BrNOS. The van der Waals surface area contributed by atoms with Crippen LogP contribution in [0.4, 0.5) is 0 Å². The molecule has 1 aromatic heterocycles. The molecule has 86 valence electrons. The van der Waals surface area contributed by atoms with Crippen LogP contribution >= 0.6 is 27.3 Å². The number of hydrogen-bond donors (Lipinski definition) is 2. The Morgan fingerprint density at radius 2 is 2.20 bits per heavy atom. The fourth-order valence-corrected chi connectivity index (χ4v) is 2.63. The monoisotopic (exact) mass is 291 g/mol. The van der Waals surface area contributed by atoms with Gasteiger partial charge in [0.05, 0.1) is 9.39 Å². The van der Waals surface area contributed by atoms with E-state index >= 15 is 0 Å². The second-order valence-corrected chi connectivity index (χ2v) is 6.83. The summed E-state index contributed by atoms with van der Waals surface area (Å²) in [4.78, 5) is 1.36. The molecule has 0 amide bonds. The Kier molecular flexibility index (Phi) is 4.77. The first-order chi connectivity index (χ1) is 6.89. The molecule has 0 bridgehead atoms. The van der Waals surface area contributed by atoms with Gasteiger partial charge in [-0.3, -0.25) is 0 Å². The van der Waals surface area contributed by atoms with E-state index in [0.717, 1.165) is 13.0 Å². The van der Waals surface area contributed by atoms with Crippen LogP contribution in [0.3, 0.4) is 0 Å². The molecule has 0 aliphatic heterocycles. The third-order valence-electron chi connectivity index (χ3n) is 2.51. The second kappa shape index (κ2) is 5.43. The first-order valence-corrected chi connectivity index (χ1v) is 6.70. The van der Waals surface area contributed by atoms with Crippen molar-refractivity contribution in [2.75, 3.05) is 6.54 Å². The van der Waals surface area contributed by atoms with Crippen LogP contribution in [0.15, 0.2) is 15.9 Å². The van der Waals surface area contributed by atoms with Gasteiger partial charge in [-0.1, -0.05) is 0 Å². The lowest BCUT2D eigenvalue weighted by atomic mass is 10.0. The lowest BCUT2D eigenvalue weighted by Crippen LogP contribution is -2.45. The number of nitrogens with one attached hydrogen (secondary N) is 1. The van der Waals surface area contributed by atoms with Crippen molar-refractivity contribution in [3.8, 4) is 0 Å². The first kappa shape index (κ1) is 13.2. The normalized spacial score (nSPS) is 14.2. The van der Waals surface area contributed by atoms with Crippen LogP contribution < -0.4 is 5.32 Å². The summed E-state index contributed by atoms with van der Waals surface area (Å²) < 4.78 is 1.17. The van der Waals surface area contributed by atoms with Crippen LogP contribution in [-0.4, -0.2) is 23.3 Å². The minimum atomic E-state index is -0.657. The van der Waals surface area contributed by atoms with Gasteiger partial charge in [0.1, 0.15) is 0 Å². The highest BCUT2D eigenvalue weighted by Crippen LogP contribution is 2.22. The molecule has 2 nitrogen and oxygen atoms in total. The molecule has 1 unspecified atom stereocenters. The fraction of sp³-hybridized carbons (Fsp3) is 0.636. The van der Waals surface area contributed by atoms with E-state index in [1.165, 1.54) is 8.66 Å². The predicted octanol–water partition coefficient (Wildman–Crippen LogP) is 2.80. The molecule has 0 spiro atoms. The van der Waals surface area contributed by atoms with E-state index in [1.54, 1.807) is 11.3 Å². The van der Waals surface area contributed by atoms with E-state index in [1.807, 2.05) is 20.8 Å². The van der Waals surface area contributed by atoms with Gasteiger partial charge in [-0.05, 0) is 55.3 Å². The summed E-state index contributed by atoms with van der Waals surface area (Å²) in [5.74, 6) is 0. The van der Waals surface area contributed by atoms with Crippen molar-refractivity contribution in [2.24, 2.45) is 0 Å². The van der Waals surface area contributed by atoms with E-state index < -0.39 is 5.60 Å². The number of thiophene rings is 1. The van der Waals surface area contributed by atoms with Crippen LogP contribution in [-0.2, 0) is 6.42 Å². The van der Waals surface area contributed by atoms with Gasteiger partial charge in [0.15, 0.2) is 0 Å². The summed E-state index contributed by atoms with van der Waals surface area (Å²) in [6.45, 7) is 6.56. The van der Waals surface area contributed by atoms with Gasteiger partial charge in [-0.25, -0.2) is 0 Å². The fourth-order valence-electron chi connectivity index (χ4n) is 1.15. The molecule has 0 aliphatic rings. The van der Waals surface area contributed by atoms with Gasteiger partial charge in [0, 0.05) is 17.5 Å². The Morgan fingerprint density at radius 3 is 2.67 bits per heavy atom. The van der Waals surface area contributed by atoms with Crippen LogP contribution in [0.2, 0.25) is 0 Å². The molecule has 1 heterocycles. The maximum absolute atomic E-state index is 9.72. The number of aliphatic hydroxyl groups is 1. The Bertz CT molecular complexity index is 306. The van der Waals surface area contributed by atoms with E-state index in [-0.39, 0.29) is 6.04 Å². The Labute approximate surface area is 104 Å². The zero-order valence-corrected chi connectivity index (χ0v) is 11.8. The van der Waals surface area contributed by atoms with Gasteiger partial charge in [-0.2, -0.15) is 0 Å². The van der Waals surface area contributed by atoms with Crippen LogP contribution in [0.5, 0.6) is 0 Å². The van der Waals surface area contributed by atoms with E-state index in [2.05, 4.69) is 33.4 Å². The van der Waals surface area contributed by atoms with Gasteiger partial charge in [-0.15, -0.1) is 11.3 Å². The van der Waals surface area contributed by atoms with E-state index in [0.29, 0.717) is 0 Å². The summed E-state index contributed by atoms with van der Waals surface area (Å²) in [6, 6.07) is 4.31. The average molecular weight is 292 g/mol. The molecule has 2 N–H and O–H groups in total. The zero-order chi connectivity index (χ0) is 11.5. The molecule has 15 heavy (non-hydrogen) atoms. The molecule has 4 heteroatoms. The lowest BCUT2D eigenvalue weighted by molar-refractivity contribution is 0.0446. The molecule has 0 aromatic carbocycles. The summed E-state index contributed by atoms with van der Waals surface area (Å²) >= 11 is 5.20. The maximum atomic E-state index is 9.72. The van der Waals surface area contributed by atoms with Crippen LogP contribution in [0.25, 0.3) is 0 Å². The topological polar surface area (TPSA) is 32.3 Å². The molecule has 1 aromatic rings. The minimum absolute atomic E-state index is 0.112. The highest BCUT2D eigenvalue weighted by atomic mass is 79.9. The van der Waals surface area contributed by atoms with Crippen LogP contribution in [0.1, 0.15) is 25.6 Å². The van der Waals surface area contributed by atoms with Crippen molar-refractivity contribution >= 4 is 27.3 Å². The van der Waals surface area contributed by atoms with Gasteiger partial charge < -0.3 is 10.4 Å². The van der Waals surface area contributed by atoms with E-state index in [9.17, 15) is 5.11 Å². The Hall–Kier alpha value is 0.1000. The third-order valence-corrected chi connectivity index (χ3v) is 4.19. The molecule has 0 fully saturated rings. The van der Waals surface area contributed by atoms with Crippen molar-refractivity contribution in [2.45, 2.75) is 38.8 Å².